The van der Waals surface area contributed by atoms with Crippen molar-refractivity contribution in [3.8, 4) is 0 Å². The number of amidine groups is 1. The molecule has 102 valence electrons. The number of fused-ring (bicyclic) bond motifs is 1. The number of oxime groups is 1. The summed E-state index contributed by atoms with van der Waals surface area (Å²) in [6, 6.07) is 7.80. The molecule has 2 rings (SSSR count). The molecule has 3 N–H and O–H groups in total. The lowest BCUT2D eigenvalue weighted by molar-refractivity contribution is 0.142. The number of aromatic nitrogens is 1. The number of hydrogen-bond acceptors (Lipinski definition) is 3. The Balaban J connectivity index is 2.15. The molecule has 1 aromatic heterocycles. The molecule has 0 bridgehead atoms. The van der Waals surface area contributed by atoms with Crippen molar-refractivity contribution in [1.82, 2.24) is 4.57 Å². The molecule has 0 aliphatic carbocycles. The first-order chi connectivity index (χ1) is 9.26. The molecule has 5 heteroatoms. The highest BCUT2D eigenvalue weighted by molar-refractivity contribution is 6.00. The number of benzene rings is 1. The highest BCUT2D eigenvalue weighted by atomic mass is 16.5. The van der Waals surface area contributed by atoms with Gasteiger partial charge in [-0.05, 0) is 37.6 Å². The van der Waals surface area contributed by atoms with E-state index in [4.69, 9.17) is 15.7 Å². The van der Waals surface area contributed by atoms with Crippen molar-refractivity contribution in [1.29, 1.82) is 0 Å². The van der Waals surface area contributed by atoms with E-state index >= 15 is 0 Å². The largest absolute Gasteiger partial charge is 0.409 e. The van der Waals surface area contributed by atoms with Crippen LogP contribution in [0.2, 0.25) is 0 Å². The Kier molecular flexibility index (Phi) is 4.41. The number of nitrogens with two attached hydrogens (primary N) is 1. The van der Waals surface area contributed by atoms with Gasteiger partial charge in [0.05, 0.1) is 0 Å². The van der Waals surface area contributed by atoms with Crippen LogP contribution < -0.4 is 5.73 Å². The van der Waals surface area contributed by atoms with Crippen LogP contribution in [-0.4, -0.2) is 28.8 Å². The van der Waals surface area contributed by atoms with Crippen LogP contribution in [0.25, 0.3) is 10.9 Å². The number of hydrogen-bond donors (Lipinski definition) is 2. The highest BCUT2D eigenvalue weighted by Crippen LogP contribution is 2.18. The summed E-state index contributed by atoms with van der Waals surface area (Å²) in [5.74, 6) is 0.131. The third kappa shape index (κ3) is 3.06. The molecule has 2 aromatic rings. The Morgan fingerprint density at radius 2 is 2.26 bits per heavy atom. The molecular weight excluding hydrogens is 242 g/mol. The minimum atomic E-state index is 0.131. The Hall–Kier alpha value is -2.01. The molecule has 0 radical (unpaired) electrons. The number of aryl methyl sites for hydroxylation is 1. The third-order valence-corrected chi connectivity index (χ3v) is 3.07. The van der Waals surface area contributed by atoms with Gasteiger partial charge < -0.3 is 20.2 Å². The fraction of sp³-hybridized carbons (Fsp3) is 0.357. The van der Waals surface area contributed by atoms with E-state index in [0.717, 1.165) is 42.6 Å². The number of nitrogens with zero attached hydrogens (tertiary/aromatic N) is 2. The van der Waals surface area contributed by atoms with Gasteiger partial charge in [-0.3, -0.25) is 0 Å². The summed E-state index contributed by atoms with van der Waals surface area (Å²) in [7, 11) is 0. The van der Waals surface area contributed by atoms with Gasteiger partial charge in [0.1, 0.15) is 0 Å². The van der Waals surface area contributed by atoms with E-state index in [1.807, 2.05) is 37.4 Å². The van der Waals surface area contributed by atoms with Gasteiger partial charge in [0.15, 0.2) is 5.84 Å². The average Bonchev–Trinajstić information content (AvgIpc) is 2.85. The zero-order valence-electron chi connectivity index (χ0n) is 11.0. The monoisotopic (exact) mass is 261 g/mol. The summed E-state index contributed by atoms with van der Waals surface area (Å²) >= 11 is 0. The molecular formula is C14H19N3O2. The SMILES string of the molecule is CCOCCCn1ccc2cc(/C(N)=N/O)ccc21. The molecule has 19 heavy (non-hydrogen) atoms. The lowest BCUT2D eigenvalue weighted by atomic mass is 10.1. The molecule has 1 heterocycles. The zero-order valence-corrected chi connectivity index (χ0v) is 11.0. The van der Waals surface area contributed by atoms with E-state index in [1.54, 1.807) is 0 Å². The summed E-state index contributed by atoms with van der Waals surface area (Å²) in [5, 5.41) is 12.8. The summed E-state index contributed by atoms with van der Waals surface area (Å²) < 4.78 is 7.52. The first kappa shape index (κ1) is 13.4. The summed E-state index contributed by atoms with van der Waals surface area (Å²) in [6.07, 6.45) is 3.03. The van der Waals surface area contributed by atoms with Gasteiger partial charge in [0.2, 0.25) is 0 Å². The normalized spacial score (nSPS) is 12.2. The van der Waals surface area contributed by atoms with Crippen LogP contribution in [0.1, 0.15) is 18.9 Å². The number of rotatable bonds is 6. The Morgan fingerprint density at radius 1 is 1.42 bits per heavy atom. The molecule has 0 aliphatic rings. The van der Waals surface area contributed by atoms with Crippen molar-refractivity contribution in [2.45, 2.75) is 19.9 Å². The maximum atomic E-state index is 8.68. The van der Waals surface area contributed by atoms with Crippen LogP contribution in [-0.2, 0) is 11.3 Å². The van der Waals surface area contributed by atoms with Crippen LogP contribution in [0.4, 0.5) is 0 Å². The van der Waals surface area contributed by atoms with Crippen LogP contribution in [0.3, 0.4) is 0 Å². The highest BCUT2D eigenvalue weighted by Gasteiger charge is 2.04. The zero-order chi connectivity index (χ0) is 13.7. The van der Waals surface area contributed by atoms with Crippen LogP contribution in [0.5, 0.6) is 0 Å². The maximum absolute atomic E-state index is 8.68. The van der Waals surface area contributed by atoms with Crippen molar-refractivity contribution in [2.75, 3.05) is 13.2 Å². The van der Waals surface area contributed by atoms with Crippen molar-refractivity contribution in [3.05, 3.63) is 36.0 Å². The first-order valence-corrected chi connectivity index (χ1v) is 6.40. The van der Waals surface area contributed by atoms with Gasteiger partial charge in [0.25, 0.3) is 0 Å². The molecule has 0 atom stereocenters. The van der Waals surface area contributed by atoms with E-state index in [2.05, 4.69) is 9.72 Å². The Labute approximate surface area is 112 Å². The van der Waals surface area contributed by atoms with Gasteiger partial charge in [-0.1, -0.05) is 5.16 Å². The molecule has 0 saturated carbocycles. The second-order valence-electron chi connectivity index (χ2n) is 4.32. The van der Waals surface area contributed by atoms with E-state index in [0.29, 0.717) is 0 Å². The van der Waals surface area contributed by atoms with E-state index in [9.17, 15) is 0 Å². The molecule has 0 spiro atoms. The minimum Gasteiger partial charge on any atom is -0.409 e. The molecule has 5 nitrogen and oxygen atoms in total. The van der Waals surface area contributed by atoms with Crippen LogP contribution in [0.15, 0.2) is 35.6 Å². The van der Waals surface area contributed by atoms with E-state index < -0.39 is 0 Å². The molecule has 0 amide bonds. The first-order valence-electron chi connectivity index (χ1n) is 6.40. The van der Waals surface area contributed by atoms with E-state index in [-0.39, 0.29) is 5.84 Å². The van der Waals surface area contributed by atoms with Crippen molar-refractivity contribution in [2.24, 2.45) is 10.9 Å². The molecule has 0 unspecified atom stereocenters. The third-order valence-electron chi connectivity index (χ3n) is 3.07. The summed E-state index contributed by atoms with van der Waals surface area (Å²) in [5.41, 5.74) is 7.45. The van der Waals surface area contributed by atoms with Crippen LogP contribution in [0, 0.1) is 0 Å². The topological polar surface area (TPSA) is 72.8 Å². The fourth-order valence-electron chi connectivity index (χ4n) is 2.09. The van der Waals surface area contributed by atoms with Gasteiger partial charge in [0, 0.05) is 42.4 Å². The molecule has 0 saturated heterocycles. The van der Waals surface area contributed by atoms with Gasteiger partial charge >= 0.3 is 0 Å². The lowest BCUT2D eigenvalue weighted by Crippen LogP contribution is -2.12. The van der Waals surface area contributed by atoms with Crippen molar-refractivity contribution >= 4 is 16.7 Å². The van der Waals surface area contributed by atoms with Crippen LogP contribution >= 0.6 is 0 Å². The average molecular weight is 261 g/mol. The second-order valence-corrected chi connectivity index (χ2v) is 4.32. The lowest BCUT2D eigenvalue weighted by Gasteiger charge is -2.06. The van der Waals surface area contributed by atoms with Gasteiger partial charge in [-0.15, -0.1) is 0 Å². The minimum absolute atomic E-state index is 0.131. The predicted molar refractivity (Wildman–Crippen MR) is 75.6 cm³/mol. The summed E-state index contributed by atoms with van der Waals surface area (Å²) in [6.45, 7) is 4.46. The molecule has 1 aromatic carbocycles. The Bertz CT molecular complexity index is 575. The van der Waals surface area contributed by atoms with E-state index in [1.165, 1.54) is 0 Å². The molecule has 0 aliphatic heterocycles. The fourth-order valence-corrected chi connectivity index (χ4v) is 2.09. The second kappa shape index (κ2) is 6.24. The van der Waals surface area contributed by atoms with Crippen molar-refractivity contribution in [3.63, 3.8) is 0 Å². The maximum Gasteiger partial charge on any atom is 0.170 e. The smallest absolute Gasteiger partial charge is 0.170 e. The quantitative estimate of drug-likeness (QED) is 0.275. The number of ether oxygens (including phenoxy) is 1. The standard InChI is InChI=1S/C14H19N3O2/c1-2-19-9-3-7-17-8-6-11-10-12(14(15)16-18)4-5-13(11)17/h4-6,8,10,18H,2-3,7,9H2,1H3,(H2,15,16). The predicted octanol–water partition coefficient (Wildman–Crippen LogP) is 2.16. The Morgan fingerprint density at radius 3 is 3.00 bits per heavy atom. The van der Waals surface area contributed by atoms with Gasteiger partial charge in [-0.25, -0.2) is 0 Å². The summed E-state index contributed by atoms with van der Waals surface area (Å²) in [4.78, 5) is 0. The van der Waals surface area contributed by atoms with Gasteiger partial charge in [-0.2, -0.15) is 0 Å². The molecule has 0 fully saturated rings. The van der Waals surface area contributed by atoms with Crippen molar-refractivity contribution < 1.29 is 9.94 Å².